The summed E-state index contributed by atoms with van der Waals surface area (Å²) in [5.41, 5.74) is 1.57. The Kier molecular flexibility index (Phi) is 6.12. The molecule has 2 aromatic rings. The van der Waals surface area contributed by atoms with Crippen LogP contribution in [0, 0.1) is 0 Å². The summed E-state index contributed by atoms with van der Waals surface area (Å²) in [6, 6.07) is 0.247. The summed E-state index contributed by atoms with van der Waals surface area (Å²) in [5, 5.41) is 3.23. The summed E-state index contributed by atoms with van der Waals surface area (Å²) in [6.45, 7) is 5.91. The fourth-order valence-electron chi connectivity index (χ4n) is 3.03. The van der Waals surface area contributed by atoms with E-state index in [4.69, 9.17) is 0 Å². The van der Waals surface area contributed by atoms with Crippen LogP contribution in [-0.2, 0) is 4.79 Å². The van der Waals surface area contributed by atoms with Crippen LogP contribution in [-0.4, -0.2) is 56.0 Å². The van der Waals surface area contributed by atoms with E-state index in [1.54, 1.807) is 24.4 Å². The van der Waals surface area contributed by atoms with Crippen LogP contribution >= 0.6 is 11.8 Å². The van der Waals surface area contributed by atoms with E-state index in [9.17, 15) is 4.79 Å². The van der Waals surface area contributed by atoms with Crippen molar-refractivity contribution in [3.63, 3.8) is 0 Å². The molecule has 1 amide bonds. The highest BCUT2D eigenvalue weighted by atomic mass is 32.2. The highest BCUT2D eigenvalue weighted by Gasteiger charge is 2.24. The van der Waals surface area contributed by atoms with Crippen LogP contribution in [0.4, 0.5) is 5.82 Å². The van der Waals surface area contributed by atoms with Gasteiger partial charge >= 0.3 is 0 Å². The van der Waals surface area contributed by atoms with Crippen LogP contribution in [0.1, 0.15) is 39.5 Å². The minimum Gasteiger partial charge on any atom is -0.355 e. The predicted octanol–water partition coefficient (Wildman–Crippen LogP) is 2.36. The number of aromatic amines is 1. The number of imidazole rings is 1. The predicted molar refractivity (Wildman–Crippen MR) is 102 cm³/mol. The zero-order chi connectivity index (χ0) is 17.6. The third-order valence-corrected chi connectivity index (χ3v) is 5.82. The molecule has 0 saturated carbocycles. The molecule has 8 heteroatoms. The summed E-state index contributed by atoms with van der Waals surface area (Å²) in [5.74, 6) is 2.12. The molecule has 1 aliphatic heterocycles. The van der Waals surface area contributed by atoms with Gasteiger partial charge in [0.15, 0.2) is 11.5 Å². The van der Waals surface area contributed by atoms with Gasteiger partial charge in [-0.25, -0.2) is 15.0 Å². The molecule has 0 unspecified atom stereocenters. The lowest BCUT2D eigenvalue weighted by Crippen LogP contribution is -2.47. The molecule has 0 bridgehead atoms. The van der Waals surface area contributed by atoms with Crippen molar-refractivity contribution >= 4 is 34.7 Å². The molecule has 0 radical (unpaired) electrons. The van der Waals surface area contributed by atoms with Crippen LogP contribution in [0.25, 0.3) is 11.2 Å². The lowest BCUT2D eigenvalue weighted by atomic mass is 10.0. The van der Waals surface area contributed by atoms with Crippen LogP contribution < -0.4 is 10.2 Å². The Labute approximate surface area is 152 Å². The number of unbranched alkanes of at least 4 members (excludes halogenated alkanes) is 1. The number of fused-ring (bicyclic) bond motifs is 1. The van der Waals surface area contributed by atoms with E-state index in [1.165, 1.54) is 12.8 Å². The van der Waals surface area contributed by atoms with Gasteiger partial charge in [-0.05, 0) is 31.9 Å². The van der Waals surface area contributed by atoms with E-state index in [0.29, 0.717) is 5.65 Å². The van der Waals surface area contributed by atoms with Crippen LogP contribution in [0.2, 0.25) is 0 Å². The molecule has 136 valence electrons. The lowest BCUT2D eigenvalue weighted by Gasteiger charge is -2.33. The summed E-state index contributed by atoms with van der Waals surface area (Å²) in [7, 11) is 0. The second-order valence-electron chi connectivity index (χ2n) is 6.43. The van der Waals surface area contributed by atoms with Crippen molar-refractivity contribution in [2.75, 3.05) is 23.7 Å². The molecular formula is C17H26N6OS. The number of amides is 1. The van der Waals surface area contributed by atoms with Gasteiger partial charge in [0.05, 0.1) is 11.6 Å². The Bertz CT molecular complexity index is 697. The highest BCUT2D eigenvalue weighted by Crippen LogP contribution is 2.23. The maximum absolute atomic E-state index is 12.3. The Morgan fingerprint density at radius 2 is 2.20 bits per heavy atom. The first-order chi connectivity index (χ1) is 12.2. The normalized spacial score (nSPS) is 17.0. The van der Waals surface area contributed by atoms with Gasteiger partial charge in [0, 0.05) is 19.1 Å². The molecular weight excluding hydrogens is 336 g/mol. The molecule has 3 rings (SSSR count). The molecule has 2 aromatic heterocycles. The second kappa shape index (κ2) is 8.51. The maximum Gasteiger partial charge on any atom is 0.233 e. The number of hydrogen-bond donors (Lipinski definition) is 2. The summed E-state index contributed by atoms with van der Waals surface area (Å²) < 4.78 is 0. The smallest absolute Gasteiger partial charge is 0.233 e. The monoisotopic (exact) mass is 362 g/mol. The van der Waals surface area contributed by atoms with Crippen molar-refractivity contribution in [1.29, 1.82) is 0 Å². The van der Waals surface area contributed by atoms with Crippen molar-refractivity contribution in [2.24, 2.45) is 0 Å². The van der Waals surface area contributed by atoms with E-state index >= 15 is 0 Å². The van der Waals surface area contributed by atoms with Gasteiger partial charge in [-0.3, -0.25) is 4.79 Å². The molecule has 1 saturated heterocycles. The number of carbonyl (C=O) groups excluding carboxylic acids is 1. The summed E-state index contributed by atoms with van der Waals surface area (Å²) in [6.07, 6.45) is 7.40. The van der Waals surface area contributed by atoms with Crippen LogP contribution in [0.3, 0.4) is 0 Å². The number of aromatic nitrogens is 4. The minimum absolute atomic E-state index is 0.0241. The van der Waals surface area contributed by atoms with Crippen molar-refractivity contribution < 1.29 is 4.79 Å². The van der Waals surface area contributed by atoms with Crippen LogP contribution in [0.5, 0.6) is 0 Å². The van der Waals surface area contributed by atoms with Gasteiger partial charge in [0.25, 0.3) is 0 Å². The van der Waals surface area contributed by atoms with Crippen molar-refractivity contribution in [3.8, 4) is 0 Å². The van der Waals surface area contributed by atoms with Gasteiger partial charge < -0.3 is 15.2 Å². The average molecular weight is 363 g/mol. The number of anilines is 1. The largest absolute Gasteiger partial charge is 0.355 e. The van der Waals surface area contributed by atoms with Crippen molar-refractivity contribution in [1.82, 2.24) is 25.3 Å². The number of carbonyl (C=O) groups is 1. The lowest BCUT2D eigenvalue weighted by molar-refractivity contribution is -0.121. The quantitative estimate of drug-likeness (QED) is 0.735. The summed E-state index contributed by atoms with van der Waals surface area (Å²) >= 11 is 1.75. The number of rotatable bonds is 7. The molecule has 2 N–H and O–H groups in total. The standard InChI is InChI=1S/C17H26N6OS/c1-3-4-9-25-12(2)17(24)22-13-5-7-23(8-6-13)16-14-15(19-10-18-14)20-11-21-16/h10-13H,3-9H2,1-2H3,(H,22,24)(H,18,19,20,21)/t12-/m1/s1. The molecule has 3 heterocycles. The molecule has 0 aliphatic carbocycles. The first kappa shape index (κ1) is 18.0. The topological polar surface area (TPSA) is 86.8 Å². The number of piperidine rings is 1. The average Bonchev–Trinajstić information content (AvgIpc) is 3.11. The Morgan fingerprint density at radius 1 is 1.40 bits per heavy atom. The van der Waals surface area contributed by atoms with Crippen LogP contribution in [0.15, 0.2) is 12.7 Å². The molecule has 1 aliphatic rings. The minimum atomic E-state index is 0.0241. The SMILES string of the molecule is CCCCS[C@H](C)C(=O)NC1CCN(c2ncnc3nc[nH]c23)CC1. The first-order valence-corrected chi connectivity index (χ1v) is 10.0. The van der Waals surface area contributed by atoms with E-state index in [0.717, 1.165) is 43.0 Å². The third kappa shape index (κ3) is 4.42. The molecule has 25 heavy (non-hydrogen) atoms. The molecule has 0 aromatic carbocycles. The third-order valence-electron chi connectivity index (χ3n) is 4.58. The second-order valence-corrected chi connectivity index (χ2v) is 7.88. The number of hydrogen-bond acceptors (Lipinski definition) is 6. The number of H-pyrrole nitrogens is 1. The van der Waals surface area contributed by atoms with Gasteiger partial charge in [-0.15, -0.1) is 11.8 Å². The van der Waals surface area contributed by atoms with E-state index < -0.39 is 0 Å². The fraction of sp³-hybridized carbons (Fsp3) is 0.647. The Morgan fingerprint density at radius 3 is 2.96 bits per heavy atom. The van der Waals surface area contributed by atoms with E-state index in [-0.39, 0.29) is 17.2 Å². The number of nitrogens with one attached hydrogen (secondary N) is 2. The number of thioether (sulfide) groups is 1. The first-order valence-electron chi connectivity index (χ1n) is 9.00. The van der Waals surface area contributed by atoms with Gasteiger partial charge in [0.2, 0.25) is 5.91 Å². The zero-order valence-corrected chi connectivity index (χ0v) is 15.7. The molecule has 7 nitrogen and oxygen atoms in total. The Balaban J connectivity index is 1.50. The highest BCUT2D eigenvalue weighted by molar-refractivity contribution is 8.00. The molecule has 1 fully saturated rings. The van der Waals surface area contributed by atoms with E-state index in [1.807, 2.05) is 6.92 Å². The van der Waals surface area contributed by atoms with E-state index in [2.05, 4.69) is 37.1 Å². The van der Waals surface area contributed by atoms with Crippen molar-refractivity contribution in [3.05, 3.63) is 12.7 Å². The zero-order valence-electron chi connectivity index (χ0n) is 14.9. The fourth-order valence-corrected chi connectivity index (χ4v) is 4.05. The van der Waals surface area contributed by atoms with Crippen molar-refractivity contribution in [2.45, 2.75) is 50.8 Å². The molecule has 1 atom stereocenters. The van der Waals surface area contributed by atoms with Gasteiger partial charge in [-0.1, -0.05) is 13.3 Å². The summed E-state index contributed by atoms with van der Waals surface area (Å²) in [4.78, 5) is 30.4. The Hall–Kier alpha value is -1.83. The molecule has 0 spiro atoms. The van der Waals surface area contributed by atoms with Gasteiger partial charge in [-0.2, -0.15) is 0 Å². The van der Waals surface area contributed by atoms with Gasteiger partial charge in [0.1, 0.15) is 11.8 Å². The maximum atomic E-state index is 12.3. The number of nitrogens with zero attached hydrogens (tertiary/aromatic N) is 4.